The van der Waals surface area contributed by atoms with Crippen molar-refractivity contribution in [2.24, 2.45) is 0 Å². The summed E-state index contributed by atoms with van der Waals surface area (Å²) < 4.78 is 5.37. The average Bonchev–Trinajstić information content (AvgIpc) is 3.10. The van der Waals surface area contributed by atoms with Crippen LogP contribution in [0.15, 0.2) is 48.5 Å². The highest BCUT2D eigenvalue weighted by molar-refractivity contribution is 6.04. The third-order valence-corrected chi connectivity index (χ3v) is 3.92. The maximum absolute atomic E-state index is 12.2. The van der Waals surface area contributed by atoms with Crippen molar-refractivity contribution in [2.75, 3.05) is 17.2 Å². The molecule has 0 spiro atoms. The number of amides is 2. The highest BCUT2D eigenvalue weighted by atomic mass is 16.5. The van der Waals surface area contributed by atoms with Crippen LogP contribution < -0.4 is 10.6 Å². The lowest BCUT2D eigenvalue weighted by Gasteiger charge is -2.12. The van der Waals surface area contributed by atoms with Crippen molar-refractivity contribution in [3.05, 3.63) is 59.7 Å². The molecule has 0 aliphatic carbocycles. The molecule has 0 saturated carbocycles. The maximum atomic E-state index is 12.2. The van der Waals surface area contributed by atoms with Gasteiger partial charge in [-0.3, -0.25) is 9.59 Å². The lowest BCUT2D eigenvalue weighted by molar-refractivity contribution is -0.124. The number of aryl methyl sites for hydroxylation is 1. The number of anilines is 2. The molecule has 124 valence electrons. The summed E-state index contributed by atoms with van der Waals surface area (Å²) in [5.74, 6) is -0.327. The molecule has 0 radical (unpaired) electrons. The number of ether oxygens (including phenoxy) is 1. The van der Waals surface area contributed by atoms with E-state index in [9.17, 15) is 9.59 Å². The minimum absolute atomic E-state index is 0.144. The van der Waals surface area contributed by atoms with E-state index in [0.717, 1.165) is 18.4 Å². The highest BCUT2D eigenvalue weighted by Gasteiger charge is 2.23. The monoisotopic (exact) mass is 324 g/mol. The van der Waals surface area contributed by atoms with Gasteiger partial charge in [0, 0.05) is 23.5 Å². The molecule has 1 fully saturated rings. The van der Waals surface area contributed by atoms with Crippen LogP contribution in [0.25, 0.3) is 0 Å². The Morgan fingerprint density at radius 1 is 1.04 bits per heavy atom. The molecular weight excluding hydrogens is 304 g/mol. The van der Waals surface area contributed by atoms with Crippen LogP contribution in [0.1, 0.15) is 28.8 Å². The third kappa shape index (κ3) is 4.00. The van der Waals surface area contributed by atoms with Crippen molar-refractivity contribution in [2.45, 2.75) is 25.9 Å². The van der Waals surface area contributed by atoms with Crippen LogP contribution in [-0.4, -0.2) is 24.5 Å². The molecule has 2 N–H and O–H groups in total. The lowest BCUT2D eigenvalue weighted by atomic mass is 10.1. The maximum Gasteiger partial charge on any atom is 0.255 e. The van der Waals surface area contributed by atoms with Gasteiger partial charge in [0.05, 0.1) is 0 Å². The molecule has 1 saturated heterocycles. The van der Waals surface area contributed by atoms with E-state index in [1.807, 2.05) is 19.1 Å². The van der Waals surface area contributed by atoms with E-state index >= 15 is 0 Å². The SMILES string of the molecule is Cc1ccc(C(=O)Nc2cccc(NC(=O)C3CCCO3)c2)cc1. The van der Waals surface area contributed by atoms with Gasteiger partial charge >= 0.3 is 0 Å². The van der Waals surface area contributed by atoms with Gasteiger partial charge in [-0.2, -0.15) is 0 Å². The first-order valence-electron chi connectivity index (χ1n) is 8.02. The molecule has 5 heteroatoms. The fourth-order valence-electron chi connectivity index (χ4n) is 2.59. The number of nitrogens with one attached hydrogen (secondary N) is 2. The van der Waals surface area contributed by atoms with Crippen LogP contribution in [0.5, 0.6) is 0 Å². The van der Waals surface area contributed by atoms with E-state index in [2.05, 4.69) is 10.6 Å². The van der Waals surface area contributed by atoms with Crippen LogP contribution in [0, 0.1) is 6.92 Å². The van der Waals surface area contributed by atoms with Crippen LogP contribution in [-0.2, 0) is 9.53 Å². The molecule has 0 aromatic heterocycles. The van der Waals surface area contributed by atoms with Crippen molar-refractivity contribution >= 4 is 23.2 Å². The van der Waals surface area contributed by atoms with Gasteiger partial charge in [0.2, 0.25) is 0 Å². The summed E-state index contributed by atoms with van der Waals surface area (Å²) in [6, 6.07) is 14.5. The van der Waals surface area contributed by atoms with Gasteiger partial charge in [0.25, 0.3) is 11.8 Å². The number of carbonyl (C=O) groups is 2. The first-order chi connectivity index (χ1) is 11.6. The van der Waals surface area contributed by atoms with Crippen molar-refractivity contribution in [3.63, 3.8) is 0 Å². The van der Waals surface area contributed by atoms with Crippen molar-refractivity contribution in [1.29, 1.82) is 0 Å². The quantitative estimate of drug-likeness (QED) is 0.906. The Balaban J connectivity index is 1.65. The number of rotatable bonds is 4. The number of hydrogen-bond acceptors (Lipinski definition) is 3. The van der Waals surface area contributed by atoms with Gasteiger partial charge < -0.3 is 15.4 Å². The van der Waals surface area contributed by atoms with Crippen molar-refractivity contribution < 1.29 is 14.3 Å². The molecule has 2 aromatic rings. The van der Waals surface area contributed by atoms with Gasteiger partial charge in [-0.05, 0) is 50.1 Å². The van der Waals surface area contributed by atoms with E-state index in [1.54, 1.807) is 36.4 Å². The molecule has 1 unspecified atom stereocenters. The molecule has 1 aliphatic heterocycles. The van der Waals surface area contributed by atoms with E-state index in [4.69, 9.17) is 4.74 Å². The Labute approximate surface area is 141 Å². The van der Waals surface area contributed by atoms with Gasteiger partial charge in [0.1, 0.15) is 6.10 Å². The van der Waals surface area contributed by atoms with Crippen molar-refractivity contribution in [1.82, 2.24) is 0 Å². The Morgan fingerprint density at radius 3 is 2.42 bits per heavy atom. The zero-order chi connectivity index (χ0) is 16.9. The van der Waals surface area contributed by atoms with E-state index in [-0.39, 0.29) is 17.9 Å². The predicted octanol–water partition coefficient (Wildman–Crippen LogP) is 3.36. The van der Waals surface area contributed by atoms with Gasteiger partial charge in [-0.25, -0.2) is 0 Å². The second-order valence-corrected chi connectivity index (χ2v) is 5.89. The van der Waals surface area contributed by atoms with E-state index < -0.39 is 0 Å². The molecule has 1 atom stereocenters. The predicted molar refractivity (Wildman–Crippen MR) is 93.2 cm³/mol. The summed E-state index contributed by atoms with van der Waals surface area (Å²) in [7, 11) is 0. The molecule has 1 aliphatic rings. The average molecular weight is 324 g/mol. The number of carbonyl (C=O) groups excluding carboxylic acids is 2. The second-order valence-electron chi connectivity index (χ2n) is 5.89. The van der Waals surface area contributed by atoms with Gasteiger partial charge in [-0.15, -0.1) is 0 Å². The first kappa shape index (κ1) is 16.2. The second kappa shape index (κ2) is 7.27. The largest absolute Gasteiger partial charge is 0.368 e. The topological polar surface area (TPSA) is 67.4 Å². The summed E-state index contributed by atoms with van der Waals surface area (Å²) in [6.07, 6.45) is 1.27. The molecule has 1 heterocycles. The van der Waals surface area contributed by atoms with Crippen molar-refractivity contribution in [3.8, 4) is 0 Å². The van der Waals surface area contributed by atoms with Crippen LogP contribution in [0.2, 0.25) is 0 Å². The Hall–Kier alpha value is -2.66. The Morgan fingerprint density at radius 2 is 1.75 bits per heavy atom. The Bertz CT molecular complexity index is 735. The summed E-state index contributed by atoms with van der Waals surface area (Å²) in [5, 5.41) is 5.67. The summed E-state index contributed by atoms with van der Waals surface area (Å²) in [6.45, 7) is 2.60. The zero-order valence-electron chi connectivity index (χ0n) is 13.5. The molecule has 2 aromatic carbocycles. The summed E-state index contributed by atoms with van der Waals surface area (Å²) in [4.78, 5) is 24.3. The molecule has 0 bridgehead atoms. The number of benzene rings is 2. The molecule has 3 rings (SSSR count). The summed E-state index contributed by atoms with van der Waals surface area (Å²) in [5.41, 5.74) is 2.96. The molecule has 2 amide bonds. The standard InChI is InChI=1S/C19H20N2O3/c1-13-7-9-14(10-8-13)18(22)20-15-4-2-5-16(12-15)21-19(23)17-6-3-11-24-17/h2,4-5,7-10,12,17H,3,6,11H2,1H3,(H,20,22)(H,21,23). The van der Waals surface area contributed by atoms with E-state index in [0.29, 0.717) is 23.5 Å². The third-order valence-electron chi connectivity index (χ3n) is 3.92. The molecule has 24 heavy (non-hydrogen) atoms. The van der Waals surface area contributed by atoms with Crippen LogP contribution in [0.4, 0.5) is 11.4 Å². The Kier molecular flexibility index (Phi) is 4.91. The van der Waals surface area contributed by atoms with E-state index in [1.165, 1.54) is 0 Å². The zero-order valence-corrected chi connectivity index (χ0v) is 13.5. The van der Waals surface area contributed by atoms with Gasteiger partial charge in [-0.1, -0.05) is 23.8 Å². The molecule has 5 nitrogen and oxygen atoms in total. The first-order valence-corrected chi connectivity index (χ1v) is 8.02. The normalized spacial score (nSPS) is 16.6. The minimum Gasteiger partial charge on any atom is -0.368 e. The minimum atomic E-state index is -0.379. The fraction of sp³-hybridized carbons (Fsp3) is 0.263. The van der Waals surface area contributed by atoms with Crippen LogP contribution >= 0.6 is 0 Å². The highest BCUT2D eigenvalue weighted by Crippen LogP contribution is 2.19. The smallest absolute Gasteiger partial charge is 0.255 e. The molecular formula is C19H20N2O3. The van der Waals surface area contributed by atoms with Crippen LogP contribution in [0.3, 0.4) is 0 Å². The lowest BCUT2D eigenvalue weighted by Crippen LogP contribution is -2.26. The summed E-state index contributed by atoms with van der Waals surface area (Å²) >= 11 is 0. The fourth-order valence-corrected chi connectivity index (χ4v) is 2.59. The van der Waals surface area contributed by atoms with Gasteiger partial charge in [0.15, 0.2) is 0 Å². The number of hydrogen-bond donors (Lipinski definition) is 2.